The molecule has 1 fully saturated rings. The molecule has 1 aliphatic rings. The van der Waals surface area contributed by atoms with Crippen molar-refractivity contribution in [1.29, 1.82) is 0 Å². The van der Waals surface area contributed by atoms with Crippen molar-refractivity contribution in [3.8, 4) is 0 Å². The molecule has 1 rings (SSSR count). The maximum absolute atomic E-state index is 12.6. The van der Waals surface area contributed by atoms with Gasteiger partial charge in [-0.25, -0.2) is 0 Å². The highest BCUT2D eigenvalue weighted by Gasteiger charge is 2.41. The zero-order valence-corrected chi connectivity index (χ0v) is 13.0. The number of rotatable bonds is 6. The van der Waals surface area contributed by atoms with Gasteiger partial charge in [-0.3, -0.25) is 9.59 Å². The number of carboxylic acid groups (broad SMARTS) is 1. The molecule has 1 amide bonds. The zero-order valence-electron chi connectivity index (χ0n) is 13.0. The Bertz CT molecular complexity index is 388. The van der Waals surface area contributed by atoms with Crippen LogP contribution in [0.3, 0.4) is 0 Å². The Balaban J connectivity index is 2.51. The fourth-order valence-electron chi connectivity index (χ4n) is 2.93. The summed E-state index contributed by atoms with van der Waals surface area (Å²) in [7, 11) is 0. The molecule has 0 spiro atoms. The molecule has 0 unspecified atom stereocenters. The standard InChI is InChI=1S/C15H24F3NO3/c1-10(2)8-19(9-14(21)22)13(20)7-11-3-5-12(6-4-11)15(16,17)18/h10-12H,3-9H2,1-2H3,(H,21,22). The molecule has 0 aromatic rings. The van der Waals surface area contributed by atoms with E-state index in [0.717, 1.165) is 0 Å². The van der Waals surface area contributed by atoms with Crippen LogP contribution in [0.5, 0.6) is 0 Å². The summed E-state index contributed by atoms with van der Waals surface area (Å²) in [5, 5.41) is 8.86. The molecular weight excluding hydrogens is 299 g/mol. The highest BCUT2D eigenvalue weighted by molar-refractivity contribution is 5.81. The fourth-order valence-corrected chi connectivity index (χ4v) is 2.93. The second kappa shape index (κ2) is 7.83. The normalized spacial score (nSPS) is 22.6. The van der Waals surface area contributed by atoms with Crippen molar-refractivity contribution < 1.29 is 27.9 Å². The van der Waals surface area contributed by atoms with Gasteiger partial charge in [0.1, 0.15) is 6.54 Å². The van der Waals surface area contributed by atoms with Crippen LogP contribution in [-0.2, 0) is 9.59 Å². The molecule has 1 aliphatic carbocycles. The van der Waals surface area contributed by atoms with Crippen molar-refractivity contribution in [3.63, 3.8) is 0 Å². The summed E-state index contributed by atoms with van der Waals surface area (Å²) < 4.78 is 37.8. The zero-order chi connectivity index (χ0) is 16.9. The first-order valence-corrected chi connectivity index (χ1v) is 7.65. The van der Waals surface area contributed by atoms with Crippen LogP contribution in [-0.4, -0.2) is 41.1 Å². The Labute approximate surface area is 128 Å². The van der Waals surface area contributed by atoms with Crippen LogP contribution in [0.4, 0.5) is 13.2 Å². The lowest BCUT2D eigenvalue weighted by molar-refractivity contribution is -0.184. The summed E-state index contributed by atoms with van der Waals surface area (Å²) in [4.78, 5) is 24.3. The Morgan fingerprint density at radius 1 is 1.18 bits per heavy atom. The second-order valence-corrected chi connectivity index (χ2v) is 6.53. The number of hydrogen-bond acceptors (Lipinski definition) is 2. The predicted molar refractivity (Wildman–Crippen MR) is 75.2 cm³/mol. The number of hydrogen-bond donors (Lipinski definition) is 1. The van der Waals surface area contributed by atoms with E-state index in [9.17, 15) is 22.8 Å². The summed E-state index contributed by atoms with van der Waals surface area (Å²) in [5.74, 6) is -2.54. The third-order valence-electron chi connectivity index (χ3n) is 4.04. The highest BCUT2D eigenvalue weighted by atomic mass is 19.4. The van der Waals surface area contributed by atoms with Gasteiger partial charge in [-0.15, -0.1) is 0 Å². The topological polar surface area (TPSA) is 57.6 Å². The Hall–Kier alpha value is -1.27. The van der Waals surface area contributed by atoms with Gasteiger partial charge in [0.2, 0.25) is 5.91 Å². The van der Waals surface area contributed by atoms with Gasteiger partial charge < -0.3 is 10.0 Å². The number of aliphatic carboxylic acids is 1. The van der Waals surface area contributed by atoms with Crippen molar-refractivity contribution in [2.45, 2.75) is 52.1 Å². The molecule has 4 nitrogen and oxygen atoms in total. The van der Waals surface area contributed by atoms with E-state index in [4.69, 9.17) is 5.11 Å². The fraction of sp³-hybridized carbons (Fsp3) is 0.867. The van der Waals surface area contributed by atoms with Crippen LogP contribution >= 0.6 is 0 Å². The monoisotopic (exact) mass is 323 g/mol. The summed E-state index contributed by atoms with van der Waals surface area (Å²) in [6, 6.07) is 0. The molecule has 0 aliphatic heterocycles. The van der Waals surface area contributed by atoms with Gasteiger partial charge in [0.25, 0.3) is 0 Å². The first-order chi connectivity index (χ1) is 10.1. The predicted octanol–water partition coefficient (Wildman–Crippen LogP) is 3.31. The number of alkyl halides is 3. The third kappa shape index (κ3) is 6.23. The minimum Gasteiger partial charge on any atom is -0.480 e. The minimum absolute atomic E-state index is 0.0601. The van der Waals surface area contributed by atoms with Crippen molar-refractivity contribution >= 4 is 11.9 Å². The minimum atomic E-state index is -4.15. The number of halogens is 3. The molecule has 7 heteroatoms. The molecule has 128 valence electrons. The van der Waals surface area contributed by atoms with Crippen molar-refractivity contribution in [2.75, 3.05) is 13.1 Å². The van der Waals surface area contributed by atoms with Crippen molar-refractivity contribution in [3.05, 3.63) is 0 Å². The lowest BCUT2D eigenvalue weighted by Gasteiger charge is -2.31. The molecule has 0 heterocycles. The molecule has 0 radical (unpaired) electrons. The van der Waals surface area contributed by atoms with Gasteiger partial charge in [0.15, 0.2) is 0 Å². The Morgan fingerprint density at radius 2 is 1.73 bits per heavy atom. The van der Waals surface area contributed by atoms with E-state index >= 15 is 0 Å². The molecule has 1 saturated carbocycles. The maximum Gasteiger partial charge on any atom is 0.391 e. The van der Waals surface area contributed by atoms with E-state index in [1.165, 1.54) is 4.90 Å². The van der Waals surface area contributed by atoms with Crippen LogP contribution < -0.4 is 0 Å². The molecule has 0 aromatic heterocycles. The quantitative estimate of drug-likeness (QED) is 0.816. The Morgan fingerprint density at radius 3 is 2.14 bits per heavy atom. The van der Waals surface area contributed by atoms with Crippen LogP contribution in [0.15, 0.2) is 0 Å². The first-order valence-electron chi connectivity index (χ1n) is 7.65. The average Bonchev–Trinajstić information content (AvgIpc) is 2.36. The van der Waals surface area contributed by atoms with Gasteiger partial charge in [0.05, 0.1) is 5.92 Å². The summed E-state index contributed by atoms with van der Waals surface area (Å²) in [5.41, 5.74) is 0. The van der Waals surface area contributed by atoms with E-state index in [-0.39, 0.29) is 43.6 Å². The van der Waals surface area contributed by atoms with E-state index in [0.29, 0.717) is 19.4 Å². The lowest BCUT2D eigenvalue weighted by atomic mass is 9.80. The first kappa shape index (κ1) is 18.8. The smallest absolute Gasteiger partial charge is 0.391 e. The third-order valence-corrected chi connectivity index (χ3v) is 4.04. The van der Waals surface area contributed by atoms with E-state index in [1.807, 2.05) is 13.8 Å². The number of carbonyl (C=O) groups is 2. The van der Waals surface area contributed by atoms with E-state index < -0.39 is 18.1 Å². The molecule has 0 saturated heterocycles. The van der Waals surface area contributed by atoms with Crippen LogP contribution in [0.25, 0.3) is 0 Å². The van der Waals surface area contributed by atoms with Crippen molar-refractivity contribution in [2.24, 2.45) is 17.8 Å². The number of amides is 1. The average molecular weight is 323 g/mol. The number of carbonyl (C=O) groups excluding carboxylic acids is 1. The SMILES string of the molecule is CC(C)CN(CC(=O)O)C(=O)CC1CCC(C(F)(F)F)CC1. The largest absolute Gasteiger partial charge is 0.480 e. The van der Waals surface area contributed by atoms with Crippen LogP contribution in [0.2, 0.25) is 0 Å². The van der Waals surface area contributed by atoms with Crippen LogP contribution in [0.1, 0.15) is 46.0 Å². The maximum atomic E-state index is 12.6. The van der Waals surface area contributed by atoms with Gasteiger partial charge >= 0.3 is 12.1 Å². The lowest BCUT2D eigenvalue weighted by Crippen LogP contribution is -2.39. The van der Waals surface area contributed by atoms with Gasteiger partial charge in [-0.1, -0.05) is 13.8 Å². The molecule has 1 N–H and O–H groups in total. The molecule has 0 aromatic carbocycles. The van der Waals surface area contributed by atoms with Gasteiger partial charge in [0, 0.05) is 13.0 Å². The highest BCUT2D eigenvalue weighted by Crippen LogP contribution is 2.40. The molecule has 0 bridgehead atoms. The molecule has 22 heavy (non-hydrogen) atoms. The number of nitrogens with zero attached hydrogens (tertiary/aromatic N) is 1. The summed E-state index contributed by atoms with van der Waals surface area (Å²) >= 11 is 0. The van der Waals surface area contributed by atoms with E-state index in [1.54, 1.807) is 0 Å². The number of carboxylic acids is 1. The molecule has 0 atom stereocenters. The van der Waals surface area contributed by atoms with Crippen molar-refractivity contribution in [1.82, 2.24) is 4.90 Å². The second-order valence-electron chi connectivity index (χ2n) is 6.53. The summed E-state index contributed by atoms with van der Waals surface area (Å²) in [6.45, 7) is 3.77. The van der Waals surface area contributed by atoms with Gasteiger partial charge in [-0.05, 0) is 37.5 Å². The summed E-state index contributed by atoms with van der Waals surface area (Å²) in [6.07, 6.45) is -3.14. The Kier molecular flexibility index (Phi) is 6.68. The van der Waals surface area contributed by atoms with E-state index in [2.05, 4.69) is 0 Å². The molecular formula is C15H24F3NO3. The van der Waals surface area contributed by atoms with Crippen LogP contribution in [0, 0.1) is 17.8 Å². The van der Waals surface area contributed by atoms with Gasteiger partial charge in [-0.2, -0.15) is 13.2 Å².